The molecule has 0 aromatic heterocycles. The van der Waals surface area contributed by atoms with E-state index in [0.717, 1.165) is 19.1 Å². The highest BCUT2D eigenvalue weighted by molar-refractivity contribution is 4.74. The van der Waals surface area contributed by atoms with Gasteiger partial charge in [0.15, 0.2) is 0 Å². The van der Waals surface area contributed by atoms with Gasteiger partial charge in [-0.1, -0.05) is 6.92 Å². The van der Waals surface area contributed by atoms with Crippen LogP contribution in [0.5, 0.6) is 0 Å². The molecule has 3 nitrogen and oxygen atoms in total. The monoisotopic (exact) mass is 214 g/mol. The van der Waals surface area contributed by atoms with Crippen molar-refractivity contribution in [2.24, 2.45) is 5.92 Å². The maximum absolute atomic E-state index is 5.22. The molecule has 1 atom stereocenters. The summed E-state index contributed by atoms with van der Waals surface area (Å²) in [7, 11) is 1.79. The zero-order valence-electron chi connectivity index (χ0n) is 10.5. The van der Waals surface area contributed by atoms with Crippen molar-refractivity contribution in [3.63, 3.8) is 0 Å². The highest BCUT2D eigenvalue weighted by atomic mass is 16.5. The first-order chi connectivity index (χ1) is 7.27. The fourth-order valence-corrected chi connectivity index (χ4v) is 2.36. The fraction of sp³-hybridized carbons (Fsp3) is 1.00. The van der Waals surface area contributed by atoms with Crippen LogP contribution in [0.2, 0.25) is 0 Å². The molecule has 1 unspecified atom stereocenters. The summed E-state index contributed by atoms with van der Waals surface area (Å²) in [5, 5.41) is 3.42. The zero-order chi connectivity index (χ0) is 11.1. The van der Waals surface area contributed by atoms with Crippen molar-refractivity contribution in [3.8, 4) is 0 Å². The van der Waals surface area contributed by atoms with Crippen molar-refractivity contribution in [2.45, 2.75) is 32.7 Å². The van der Waals surface area contributed by atoms with E-state index in [0.29, 0.717) is 6.04 Å². The van der Waals surface area contributed by atoms with E-state index in [-0.39, 0.29) is 0 Å². The predicted octanol–water partition coefficient (Wildman–Crippen LogP) is 1.34. The van der Waals surface area contributed by atoms with Crippen LogP contribution in [0.3, 0.4) is 0 Å². The summed E-state index contributed by atoms with van der Waals surface area (Å²) < 4.78 is 5.22. The molecule has 90 valence electrons. The summed E-state index contributed by atoms with van der Waals surface area (Å²) in [6, 6.07) is 0.551. The van der Waals surface area contributed by atoms with Crippen molar-refractivity contribution in [2.75, 3.05) is 39.9 Å². The molecule has 1 fully saturated rings. The number of rotatable bonds is 6. The van der Waals surface area contributed by atoms with Gasteiger partial charge in [-0.3, -0.25) is 4.90 Å². The number of piperidine rings is 1. The molecule has 0 bridgehead atoms. The number of nitrogens with one attached hydrogen (secondary N) is 1. The van der Waals surface area contributed by atoms with Crippen LogP contribution in [0, 0.1) is 5.92 Å². The Morgan fingerprint density at radius 1 is 1.40 bits per heavy atom. The Balaban J connectivity index is 2.30. The number of hydrogen-bond acceptors (Lipinski definition) is 3. The van der Waals surface area contributed by atoms with Gasteiger partial charge >= 0.3 is 0 Å². The second kappa shape index (κ2) is 7.20. The molecule has 0 aliphatic carbocycles. The lowest BCUT2D eigenvalue weighted by Crippen LogP contribution is -2.42. The Labute approximate surface area is 94.2 Å². The van der Waals surface area contributed by atoms with Crippen molar-refractivity contribution >= 4 is 0 Å². The largest absolute Gasteiger partial charge is 0.383 e. The summed E-state index contributed by atoms with van der Waals surface area (Å²) in [6.07, 6.45) is 2.66. The Morgan fingerprint density at radius 2 is 2.07 bits per heavy atom. The molecule has 0 amide bonds. The van der Waals surface area contributed by atoms with Gasteiger partial charge < -0.3 is 10.1 Å². The van der Waals surface area contributed by atoms with Gasteiger partial charge in [0.1, 0.15) is 0 Å². The van der Waals surface area contributed by atoms with Gasteiger partial charge in [0, 0.05) is 19.7 Å². The number of methoxy groups -OCH3 is 1. The van der Waals surface area contributed by atoms with Crippen molar-refractivity contribution < 1.29 is 4.74 Å². The van der Waals surface area contributed by atoms with Crippen LogP contribution in [-0.4, -0.2) is 50.8 Å². The van der Waals surface area contributed by atoms with E-state index in [4.69, 9.17) is 4.74 Å². The molecule has 15 heavy (non-hydrogen) atoms. The second-order valence-corrected chi connectivity index (χ2v) is 4.59. The normalized spacial score (nSPS) is 20.8. The van der Waals surface area contributed by atoms with Crippen molar-refractivity contribution in [1.82, 2.24) is 10.2 Å². The highest BCUT2D eigenvalue weighted by Crippen LogP contribution is 2.14. The third-order valence-corrected chi connectivity index (χ3v) is 3.39. The Hall–Kier alpha value is -0.120. The number of nitrogens with zero attached hydrogens (tertiary/aromatic N) is 1. The Morgan fingerprint density at radius 3 is 2.60 bits per heavy atom. The van der Waals surface area contributed by atoms with E-state index < -0.39 is 0 Å². The molecular weight excluding hydrogens is 188 g/mol. The van der Waals surface area contributed by atoms with Gasteiger partial charge in [0.2, 0.25) is 0 Å². The quantitative estimate of drug-likeness (QED) is 0.722. The summed E-state index contributed by atoms with van der Waals surface area (Å²) in [6.45, 7) is 10.1. The van der Waals surface area contributed by atoms with Gasteiger partial charge in [-0.05, 0) is 45.3 Å². The molecule has 1 heterocycles. The molecule has 1 saturated heterocycles. The SMILES string of the molecule is CCN(CC1CCNCC1)C(C)COC. The van der Waals surface area contributed by atoms with E-state index in [1.165, 1.54) is 32.5 Å². The first-order valence-corrected chi connectivity index (χ1v) is 6.21. The molecule has 0 spiro atoms. The minimum atomic E-state index is 0.551. The van der Waals surface area contributed by atoms with E-state index >= 15 is 0 Å². The highest BCUT2D eigenvalue weighted by Gasteiger charge is 2.19. The van der Waals surface area contributed by atoms with Crippen LogP contribution in [0.15, 0.2) is 0 Å². The average Bonchev–Trinajstić information content (AvgIpc) is 2.27. The second-order valence-electron chi connectivity index (χ2n) is 4.59. The lowest BCUT2D eigenvalue weighted by atomic mass is 9.97. The molecule has 3 heteroatoms. The molecule has 0 saturated carbocycles. The fourth-order valence-electron chi connectivity index (χ4n) is 2.36. The van der Waals surface area contributed by atoms with Gasteiger partial charge in [-0.15, -0.1) is 0 Å². The first-order valence-electron chi connectivity index (χ1n) is 6.21. The molecule has 1 aliphatic rings. The minimum absolute atomic E-state index is 0.551. The van der Waals surface area contributed by atoms with Crippen LogP contribution in [0.25, 0.3) is 0 Å². The standard InChI is InChI=1S/C12H26N2O/c1-4-14(11(2)10-15-3)9-12-5-7-13-8-6-12/h11-13H,4-10H2,1-3H3. The van der Waals surface area contributed by atoms with Gasteiger partial charge in [-0.2, -0.15) is 0 Å². The van der Waals surface area contributed by atoms with E-state index in [1.807, 2.05) is 0 Å². The summed E-state index contributed by atoms with van der Waals surface area (Å²) >= 11 is 0. The maximum Gasteiger partial charge on any atom is 0.0615 e. The van der Waals surface area contributed by atoms with Crippen molar-refractivity contribution in [3.05, 3.63) is 0 Å². The molecule has 0 radical (unpaired) electrons. The predicted molar refractivity (Wildman–Crippen MR) is 64.2 cm³/mol. The molecule has 1 N–H and O–H groups in total. The molecular formula is C12H26N2O. The molecule has 1 aliphatic heterocycles. The third kappa shape index (κ3) is 4.49. The Kier molecular flexibility index (Phi) is 6.22. The minimum Gasteiger partial charge on any atom is -0.383 e. The number of ether oxygens (including phenoxy) is 1. The van der Waals surface area contributed by atoms with E-state index in [9.17, 15) is 0 Å². The van der Waals surface area contributed by atoms with Crippen LogP contribution in [0.4, 0.5) is 0 Å². The summed E-state index contributed by atoms with van der Waals surface area (Å²) in [5.74, 6) is 0.880. The van der Waals surface area contributed by atoms with Crippen LogP contribution >= 0.6 is 0 Å². The van der Waals surface area contributed by atoms with Crippen molar-refractivity contribution in [1.29, 1.82) is 0 Å². The Bertz CT molecular complexity index is 158. The van der Waals surface area contributed by atoms with E-state index in [1.54, 1.807) is 7.11 Å². The molecule has 0 aromatic rings. The number of likely N-dealkylation sites (N-methyl/N-ethyl adjacent to an activating group) is 1. The summed E-state index contributed by atoms with van der Waals surface area (Å²) in [4.78, 5) is 2.54. The van der Waals surface area contributed by atoms with E-state index in [2.05, 4.69) is 24.1 Å². The molecule has 0 aromatic carbocycles. The topological polar surface area (TPSA) is 24.5 Å². The van der Waals surface area contributed by atoms with Crippen LogP contribution in [0.1, 0.15) is 26.7 Å². The lowest BCUT2D eigenvalue weighted by Gasteiger charge is -2.33. The molecule has 1 rings (SSSR count). The third-order valence-electron chi connectivity index (χ3n) is 3.39. The lowest BCUT2D eigenvalue weighted by molar-refractivity contribution is 0.0871. The number of hydrogen-bond donors (Lipinski definition) is 1. The maximum atomic E-state index is 5.22. The van der Waals surface area contributed by atoms with Gasteiger partial charge in [-0.25, -0.2) is 0 Å². The van der Waals surface area contributed by atoms with Crippen LogP contribution in [-0.2, 0) is 4.74 Å². The van der Waals surface area contributed by atoms with Gasteiger partial charge in [0.25, 0.3) is 0 Å². The van der Waals surface area contributed by atoms with Crippen LogP contribution < -0.4 is 5.32 Å². The summed E-state index contributed by atoms with van der Waals surface area (Å²) in [5.41, 5.74) is 0. The average molecular weight is 214 g/mol. The van der Waals surface area contributed by atoms with Gasteiger partial charge in [0.05, 0.1) is 6.61 Å². The zero-order valence-corrected chi connectivity index (χ0v) is 10.5. The first kappa shape index (κ1) is 12.9. The smallest absolute Gasteiger partial charge is 0.0615 e.